The highest BCUT2D eigenvalue weighted by atomic mass is 16.5. The van der Waals surface area contributed by atoms with E-state index in [9.17, 15) is 0 Å². The number of ether oxygens (including phenoxy) is 1. The number of hydrogen-bond acceptors (Lipinski definition) is 4. The average molecular weight is 210 g/mol. The molecule has 0 amide bonds. The Balaban J connectivity index is 2.01. The summed E-state index contributed by atoms with van der Waals surface area (Å²) >= 11 is 0. The van der Waals surface area contributed by atoms with Gasteiger partial charge >= 0.3 is 0 Å². The molecule has 2 N–H and O–H groups in total. The molecule has 0 spiro atoms. The molecular formula is C10H18N4O. The predicted octanol–water partition coefficient (Wildman–Crippen LogP) is 0.267. The monoisotopic (exact) mass is 210 g/mol. The third kappa shape index (κ3) is 2.35. The van der Waals surface area contributed by atoms with Crippen molar-refractivity contribution in [1.29, 1.82) is 0 Å². The van der Waals surface area contributed by atoms with Crippen LogP contribution in [0.2, 0.25) is 0 Å². The summed E-state index contributed by atoms with van der Waals surface area (Å²) in [5.74, 6) is 0. The normalized spacial score (nSPS) is 21.1. The first-order chi connectivity index (χ1) is 7.31. The molecule has 1 aromatic heterocycles. The molecule has 1 aliphatic heterocycles. The molecule has 0 aromatic carbocycles. The summed E-state index contributed by atoms with van der Waals surface area (Å²) in [5.41, 5.74) is 7.63. The molecule has 1 unspecified atom stereocenters. The minimum absolute atomic E-state index is 0.316. The van der Waals surface area contributed by atoms with Crippen LogP contribution in [0.1, 0.15) is 24.2 Å². The van der Waals surface area contributed by atoms with Gasteiger partial charge in [0.15, 0.2) is 0 Å². The Kier molecular flexibility index (Phi) is 3.33. The highest BCUT2D eigenvalue weighted by Crippen LogP contribution is 2.15. The van der Waals surface area contributed by atoms with E-state index < -0.39 is 0 Å². The van der Waals surface area contributed by atoms with Crippen LogP contribution in [0.25, 0.3) is 0 Å². The minimum atomic E-state index is 0.316. The van der Waals surface area contributed by atoms with E-state index in [0.29, 0.717) is 12.6 Å². The molecule has 1 saturated heterocycles. The van der Waals surface area contributed by atoms with Crippen LogP contribution in [0.5, 0.6) is 0 Å². The van der Waals surface area contributed by atoms with E-state index in [4.69, 9.17) is 10.5 Å². The second-order valence-corrected chi connectivity index (χ2v) is 3.98. The number of rotatable bonds is 4. The van der Waals surface area contributed by atoms with Crippen molar-refractivity contribution in [1.82, 2.24) is 15.0 Å². The lowest BCUT2D eigenvalue weighted by atomic mass is 10.2. The molecular weight excluding hydrogens is 192 g/mol. The SMILES string of the molecule is Cc1c(CCN)nnn1CC1CCCO1. The van der Waals surface area contributed by atoms with Crippen molar-refractivity contribution >= 4 is 0 Å². The lowest BCUT2D eigenvalue weighted by molar-refractivity contribution is 0.0929. The van der Waals surface area contributed by atoms with Crippen molar-refractivity contribution in [2.24, 2.45) is 5.73 Å². The third-order valence-electron chi connectivity index (χ3n) is 2.86. The maximum absolute atomic E-state index is 5.57. The van der Waals surface area contributed by atoms with Crippen LogP contribution in [0.3, 0.4) is 0 Å². The molecule has 84 valence electrons. The molecule has 1 aliphatic rings. The molecule has 1 fully saturated rings. The van der Waals surface area contributed by atoms with Crippen LogP contribution >= 0.6 is 0 Å². The summed E-state index contributed by atoms with van der Waals surface area (Å²) in [5, 5.41) is 8.25. The van der Waals surface area contributed by atoms with E-state index in [1.54, 1.807) is 0 Å². The van der Waals surface area contributed by atoms with Gasteiger partial charge in [0.1, 0.15) is 0 Å². The zero-order valence-electron chi connectivity index (χ0n) is 9.15. The molecule has 5 nitrogen and oxygen atoms in total. The van der Waals surface area contributed by atoms with Gasteiger partial charge in [0.05, 0.1) is 24.0 Å². The molecule has 0 saturated carbocycles. The Labute approximate surface area is 89.6 Å². The van der Waals surface area contributed by atoms with Gasteiger partial charge in [-0.25, -0.2) is 4.68 Å². The van der Waals surface area contributed by atoms with E-state index >= 15 is 0 Å². The van der Waals surface area contributed by atoms with E-state index in [0.717, 1.165) is 43.8 Å². The Hall–Kier alpha value is -0.940. The van der Waals surface area contributed by atoms with Gasteiger partial charge in [-0.05, 0) is 26.3 Å². The first-order valence-electron chi connectivity index (χ1n) is 5.52. The molecule has 0 aliphatic carbocycles. The fraction of sp³-hybridized carbons (Fsp3) is 0.800. The van der Waals surface area contributed by atoms with E-state index in [1.807, 2.05) is 11.6 Å². The zero-order valence-corrected chi connectivity index (χ0v) is 9.15. The maximum Gasteiger partial charge on any atom is 0.0868 e. The zero-order chi connectivity index (χ0) is 10.7. The van der Waals surface area contributed by atoms with Crippen molar-refractivity contribution in [3.8, 4) is 0 Å². The van der Waals surface area contributed by atoms with Crippen LogP contribution < -0.4 is 5.73 Å². The first kappa shape index (κ1) is 10.6. The van der Waals surface area contributed by atoms with Crippen LogP contribution in [0, 0.1) is 6.92 Å². The third-order valence-corrected chi connectivity index (χ3v) is 2.86. The predicted molar refractivity (Wildman–Crippen MR) is 56.5 cm³/mol. The average Bonchev–Trinajstić information content (AvgIpc) is 2.83. The topological polar surface area (TPSA) is 66.0 Å². The quantitative estimate of drug-likeness (QED) is 0.774. The Bertz CT molecular complexity index is 317. The van der Waals surface area contributed by atoms with Gasteiger partial charge in [0.25, 0.3) is 0 Å². The van der Waals surface area contributed by atoms with Gasteiger partial charge < -0.3 is 10.5 Å². The number of nitrogens with two attached hydrogens (primary N) is 1. The highest BCUT2D eigenvalue weighted by molar-refractivity contribution is 5.08. The summed E-state index contributed by atoms with van der Waals surface area (Å²) < 4.78 is 7.50. The molecule has 0 radical (unpaired) electrons. The summed E-state index contributed by atoms with van der Waals surface area (Å²) in [6.45, 7) is 4.37. The van der Waals surface area contributed by atoms with E-state index in [2.05, 4.69) is 10.3 Å². The largest absolute Gasteiger partial charge is 0.376 e. The van der Waals surface area contributed by atoms with Crippen LogP contribution in [0.4, 0.5) is 0 Å². The molecule has 1 aromatic rings. The lowest BCUT2D eigenvalue weighted by Crippen LogP contribution is -2.17. The van der Waals surface area contributed by atoms with E-state index in [1.165, 1.54) is 0 Å². The molecule has 15 heavy (non-hydrogen) atoms. The number of hydrogen-bond donors (Lipinski definition) is 1. The van der Waals surface area contributed by atoms with Crippen LogP contribution in [-0.4, -0.2) is 34.2 Å². The number of nitrogens with zero attached hydrogens (tertiary/aromatic N) is 3. The minimum Gasteiger partial charge on any atom is -0.376 e. The molecule has 2 heterocycles. The lowest BCUT2D eigenvalue weighted by Gasteiger charge is -2.09. The Morgan fingerprint density at radius 3 is 3.13 bits per heavy atom. The molecule has 2 rings (SSSR count). The first-order valence-corrected chi connectivity index (χ1v) is 5.52. The molecule has 0 bridgehead atoms. The van der Waals surface area contributed by atoms with Crippen molar-refractivity contribution < 1.29 is 4.74 Å². The van der Waals surface area contributed by atoms with Gasteiger partial charge in [0, 0.05) is 13.0 Å². The van der Waals surface area contributed by atoms with Crippen LogP contribution in [0.15, 0.2) is 0 Å². The Morgan fingerprint density at radius 2 is 2.47 bits per heavy atom. The highest BCUT2D eigenvalue weighted by Gasteiger charge is 2.18. The summed E-state index contributed by atoms with van der Waals surface area (Å²) in [6.07, 6.45) is 3.41. The van der Waals surface area contributed by atoms with Gasteiger partial charge in [-0.3, -0.25) is 0 Å². The van der Waals surface area contributed by atoms with Gasteiger partial charge in [-0.15, -0.1) is 5.10 Å². The Morgan fingerprint density at radius 1 is 1.60 bits per heavy atom. The number of aromatic nitrogens is 3. The van der Waals surface area contributed by atoms with Crippen molar-refractivity contribution in [3.63, 3.8) is 0 Å². The summed E-state index contributed by atoms with van der Waals surface area (Å²) in [4.78, 5) is 0. The van der Waals surface area contributed by atoms with Crippen molar-refractivity contribution in [3.05, 3.63) is 11.4 Å². The fourth-order valence-electron chi connectivity index (χ4n) is 1.92. The second-order valence-electron chi connectivity index (χ2n) is 3.98. The van der Waals surface area contributed by atoms with E-state index in [-0.39, 0.29) is 0 Å². The molecule has 1 atom stereocenters. The maximum atomic E-state index is 5.57. The summed E-state index contributed by atoms with van der Waals surface area (Å²) in [7, 11) is 0. The van der Waals surface area contributed by atoms with Gasteiger partial charge in [-0.2, -0.15) is 0 Å². The second kappa shape index (κ2) is 4.72. The molecule has 5 heteroatoms. The van der Waals surface area contributed by atoms with Gasteiger partial charge in [-0.1, -0.05) is 5.21 Å². The fourth-order valence-corrected chi connectivity index (χ4v) is 1.92. The van der Waals surface area contributed by atoms with Gasteiger partial charge in [0.2, 0.25) is 0 Å². The van der Waals surface area contributed by atoms with Crippen molar-refractivity contribution in [2.75, 3.05) is 13.2 Å². The standard InChI is InChI=1S/C10H18N4O/c1-8-10(4-5-11)12-13-14(8)7-9-3-2-6-15-9/h9H,2-7,11H2,1H3. The van der Waals surface area contributed by atoms with Crippen molar-refractivity contribution in [2.45, 2.75) is 38.8 Å². The van der Waals surface area contributed by atoms with Crippen LogP contribution in [-0.2, 0) is 17.7 Å². The smallest absolute Gasteiger partial charge is 0.0868 e. The summed E-state index contributed by atoms with van der Waals surface area (Å²) in [6, 6.07) is 0.